The van der Waals surface area contributed by atoms with Crippen LogP contribution in [-0.2, 0) is 14.8 Å². The van der Waals surface area contributed by atoms with Gasteiger partial charge in [-0.2, -0.15) is 13.5 Å². The molecule has 1 aliphatic rings. The highest BCUT2D eigenvalue weighted by molar-refractivity contribution is 7.89. The molecule has 0 unspecified atom stereocenters. The van der Waals surface area contributed by atoms with Crippen molar-refractivity contribution in [1.29, 1.82) is 0 Å². The Kier molecular flexibility index (Phi) is 8.21. The van der Waals surface area contributed by atoms with Crippen molar-refractivity contribution in [2.24, 2.45) is 11.0 Å². The van der Waals surface area contributed by atoms with Gasteiger partial charge in [-0.05, 0) is 44.9 Å². The van der Waals surface area contributed by atoms with Crippen LogP contribution in [0, 0.1) is 16.0 Å². The minimum absolute atomic E-state index is 0.0557. The molecule has 0 radical (unpaired) electrons. The maximum Gasteiger partial charge on any atom is 0.276 e. The number of sulfonamides is 1. The van der Waals surface area contributed by atoms with Crippen molar-refractivity contribution in [3.8, 4) is 0 Å². The molecule has 2 aromatic carbocycles. The van der Waals surface area contributed by atoms with Crippen LogP contribution in [0.25, 0.3) is 0 Å². The fourth-order valence-electron chi connectivity index (χ4n) is 4.06. The Morgan fingerprint density at radius 3 is 2.59 bits per heavy atom. The average molecular weight is 488 g/mol. The number of hydrogen-bond acceptors (Lipinski definition) is 7. The number of piperidine rings is 1. The number of anilines is 1. The lowest BCUT2D eigenvalue weighted by molar-refractivity contribution is -0.384. The summed E-state index contributed by atoms with van der Waals surface area (Å²) in [5.74, 6) is -0.0762. The van der Waals surface area contributed by atoms with Gasteiger partial charge in [-0.1, -0.05) is 18.2 Å². The van der Waals surface area contributed by atoms with Crippen LogP contribution in [-0.4, -0.2) is 56.5 Å². The number of nitrogens with one attached hydrogen (secondary N) is 1. The number of nitro benzene ring substituents is 1. The van der Waals surface area contributed by atoms with Gasteiger partial charge in [0.15, 0.2) is 0 Å². The Labute approximate surface area is 199 Å². The average Bonchev–Trinajstić information content (AvgIpc) is 2.85. The van der Waals surface area contributed by atoms with E-state index in [1.54, 1.807) is 24.3 Å². The Balaban J connectivity index is 1.86. The molecular formula is C23H29N5O5S. The second kappa shape index (κ2) is 11.1. The fourth-order valence-corrected chi connectivity index (χ4v) is 4.87. The zero-order valence-electron chi connectivity index (χ0n) is 19.3. The van der Waals surface area contributed by atoms with Crippen LogP contribution >= 0.6 is 0 Å². The first-order valence-electron chi connectivity index (χ1n) is 11.2. The summed E-state index contributed by atoms with van der Waals surface area (Å²) in [7, 11) is -3.88. The van der Waals surface area contributed by atoms with Crippen LogP contribution in [0.4, 0.5) is 11.4 Å². The molecule has 0 aromatic heterocycles. The third kappa shape index (κ3) is 5.90. The van der Waals surface area contributed by atoms with E-state index in [9.17, 15) is 23.3 Å². The summed E-state index contributed by atoms with van der Waals surface area (Å²) in [6, 6.07) is 12.2. The number of non-ortho nitro benzene ring substituents is 1. The van der Waals surface area contributed by atoms with E-state index in [1.165, 1.54) is 30.5 Å². The minimum Gasteiger partial charge on any atom is -0.370 e. The van der Waals surface area contributed by atoms with Gasteiger partial charge in [0.2, 0.25) is 5.91 Å². The Hall–Kier alpha value is -3.47. The van der Waals surface area contributed by atoms with Gasteiger partial charge in [0, 0.05) is 49.6 Å². The number of carbonyl (C=O) groups is 1. The van der Waals surface area contributed by atoms with Crippen LogP contribution in [0.2, 0.25) is 0 Å². The topological polar surface area (TPSA) is 125 Å². The molecular weight excluding hydrogens is 458 g/mol. The quantitative estimate of drug-likeness (QED) is 0.329. The fraction of sp³-hybridized carbons (Fsp3) is 0.391. The van der Waals surface area contributed by atoms with Gasteiger partial charge in [0.1, 0.15) is 0 Å². The smallest absolute Gasteiger partial charge is 0.276 e. The first kappa shape index (κ1) is 25.2. The van der Waals surface area contributed by atoms with E-state index in [-0.39, 0.29) is 22.4 Å². The molecule has 11 heteroatoms. The zero-order chi connectivity index (χ0) is 24.7. The Morgan fingerprint density at radius 2 is 1.94 bits per heavy atom. The van der Waals surface area contributed by atoms with E-state index in [0.717, 1.165) is 12.8 Å². The molecule has 1 saturated heterocycles. The van der Waals surface area contributed by atoms with E-state index < -0.39 is 14.9 Å². The van der Waals surface area contributed by atoms with Gasteiger partial charge in [-0.3, -0.25) is 14.9 Å². The number of nitrogens with zero attached hydrogens (tertiary/aromatic N) is 4. The van der Waals surface area contributed by atoms with Crippen LogP contribution in [0.15, 0.2) is 58.5 Å². The summed E-state index contributed by atoms with van der Waals surface area (Å²) < 4.78 is 24.9. The third-order valence-corrected chi connectivity index (χ3v) is 7.08. The number of carbonyl (C=O) groups excluding carboxylic acids is 1. The van der Waals surface area contributed by atoms with Crippen molar-refractivity contribution in [2.45, 2.75) is 31.6 Å². The largest absolute Gasteiger partial charge is 0.370 e. The number of hydrazone groups is 1. The maximum atomic E-state index is 12.9. The van der Waals surface area contributed by atoms with E-state index in [4.69, 9.17) is 0 Å². The predicted molar refractivity (Wildman–Crippen MR) is 130 cm³/mol. The van der Waals surface area contributed by atoms with Gasteiger partial charge < -0.3 is 9.80 Å². The molecule has 3 rings (SSSR count). The predicted octanol–water partition coefficient (Wildman–Crippen LogP) is 2.99. The monoisotopic (exact) mass is 487 g/mol. The number of nitro groups is 1. The van der Waals surface area contributed by atoms with E-state index >= 15 is 0 Å². The van der Waals surface area contributed by atoms with Crippen LogP contribution in [0.3, 0.4) is 0 Å². The van der Waals surface area contributed by atoms with Gasteiger partial charge in [-0.25, -0.2) is 4.83 Å². The molecule has 182 valence electrons. The lowest BCUT2D eigenvalue weighted by atomic mass is 9.95. The molecule has 1 N–H and O–H groups in total. The molecule has 0 aliphatic carbocycles. The third-order valence-electron chi connectivity index (χ3n) is 5.84. The van der Waals surface area contributed by atoms with Crippen molar-refractivity contribution >= 4 is 33.5 Å². The molecule has 10 nitrogen and oxygen atoms in total. The molecule has 1 amide bonds. The molecule has 1 atom stereocenters. The highest BCUT2D eigenvalue weighted by atomic mass is 32.2. The second-order valence-electron chi connectivity index (χ2n) is 7.96. The van der Waals surface area contributed by atoms with Gasteiger partial charge in [0.05, 0.1) is 22.0 Å². The molecule has 34 heavy (non-hydrogen) atoms. The molecule has 1 fully saturated rings. The summed E-state index contributed by atoms with van der Waals surface area (Å²) in [4.78, 5) is 29.7. The Morgan fingerprint density at radius 1 is 1.24 bits per heavy atom. The van der Waals surface area contributed by atoms with E-state index in [0.29, 0.717) is 37.4 Å². The number of rotatable bonds is 9. The molecule has 0 bridgehead atoms. The Bertz CT molecular complexity index is 1150. The van der Waals surface area contributed by atoms with Gasteiger partial charge in [0.25, 0.3) is 15.7 Å². The second-order valence-corrected chi connectivity index (χ2v) is 9.62. The van der Waals surface area contributed by atoms with Crippen molar-refractivity contribution in [3.05, 3.63) is 64.2 Å². The SMILES string of the molecule is CCN(CC)C(=O)[C@@H]1CCCN(c2ccc([N+](=O)[O-])cc2/C=N\NS(=O)(=O)c2ccccc2)C1. The number of hydrogen-bond donors (Lipinski definition) is 1. The normalized spacial score (nSPS) is 16.4. The number of benzene rings is 2. The summed E-state index contributed by atoms with van der Waals surface area (Å²) >= 11 is 0. The van der Waals surface area contributed by atoms with Crippen molar-refractivity contribution in [3.63, 3.8) is 0 Å². The molecule has 2 aromatic rings. The van der Waals surface area contributed by atoms with Crippen LogP contribution < -0.4 is 9.73 Å². The first-order valence-corrected chi connectivity index (χ1v) is 12.7. The van der Waals surface area contributed by atoms with E-state index in [1.807, 2.05) is 23.6 Å². The summed E-state index contributed by atoms with van der Waals surface area (Å²) in [6.45, 7) is 6.33. The summed E-state index contributed by atoms with van der Waals surface area (Å²) in [6.07, 6.45) is 2.84. The highest BCUT2D eigenvalue weighted by Gasteiger charge is 2.29. The lowest BCUT2D eigenvalue weighted by Gasteiger charge is -2.36. The van der Waals surface area contributed by atoms with Crippen molar-refractivity contribution in [1.82, 2.24) is 9.73 Å². The van der Waals surface area contributed by atoms with Gasteiger partial charge in [-0.15, -0.1) is 0 Å². The molecule has 0 spiro atoms. The van der Waals surface area contributed by atoms with Crippen molar-refractivity contribution in [2.75, 3.05) is 31.1 Å². The van der Waals surface area contributed by atoms with Crippen LogP contribution in [0.1, 0.15) is 32.3 Å². The summed E-state index contributed by atoms with van der Waals surface area (Å²) in [5, 5.41) is 15.2. The summed E-state index contributed by atoms with van der Waals surface area (Å²) in [5.41, 5.74) is 0.912. The minimum atomic E-state index is -3.88. The van der Waals surface area contributed by atoms with Crippen molar-refractivity contribution < 1.29 is 18.1 Å². The van der Waals surface area contributed by atoms with Crippen LogP contribution in [0.5, 0.6) is 0 Å². The number of amides is 1. The zero-order valence-corrected chi connectivity index (χ0v) is 20.1. The molecule has 1 aliphatic heterocycles. The highest BCUT2D eigenvalue weighted by Crippen LogP contribution is 2.29. The first-order chi connectivity index (χ1) is 16.3. The van der Waals surface area contributed by atoms with Gasteiger partial charge >= 0.3 is 0 Å². The van der Waals surface area contributed by atoms with E-state index in [2.05, 4.69) is 9.93 Å². The molecule has 0 saturated carbocycles. The standard InChI is InChI=1S/C23H29N5O5S/c1-3-26(4-2)23(29)18-9-8-14-27(17-18)22-13-12-20(28(30)31)15-19(22)16-24-25-34(32,33)21-10-6-5-7-11-21/h5-7,10-13,15-16,18,25H,3-4,8-9,14,17H2,1-2H3/b24-16-/t18-/m1/s1. The maximum absolute atomic E-state index is 12.9. The molecule has 1 heterocycles. The lowest BCUT2D eigenvalue weighted by Crippen LogP contribution is -2.45.